The molecular weight excluding hydrogens is 250 g/mol. The van der Waals surface area contributed by atoms with Crippen molar-refractivity contribution < 1.29 is 4.79 Å². The molecule has 0 aliphatic heterocycles. The van der Waals surface area contributed by atoms with Crippen molar-refractivity contribution in [1.82, 2.24) is 4.90 Å². The Morgan fingerprint density at radius 2 is 1.80 bits per heavy atom. The highest BCUT2D eigenvalue weighted by Crippen LogP contribution is 2.19. The molecule has 0 aromatic heterocycles. The van der Waals surface area contributed by atoms with Crippen LogP contribution in [-0.2, 0) is 0 Å². The SMILES string of the molecule is CCCCN(CCCC)C(=O)c1ccc(C)cc1NN. The standard InChI is InChI=1S/C16H27N3O/c1-4-6-10-19(11-7-5-2)16(20)14-9-8-13(3)12-15(14)18-17/h8-9,12,18H,4-7,10-11,17H2,1-3H3. The monoisotopic (exact) mass is 277 g/mol. The number of carbonyl (C=O) groups excluding carboxylic acids is 1. The van der Waals surface area contributed by atoms with Crippen molar-refractivity contribution in [3.05, 3.63) is 29.3 Å². The number of nitrogen functional groups attached to an aromatic ring is 1. The van der Waals surface area contributed by atoms with E-state index in [0.717, 1.165) is 44.3 Å². The second kappa shape index (κ2) is 8.59. The molecule has 1 rings (SSSR count). The Morgan fingerprint density at radius 3 is 2.30 bits per heavy atom. The van der Waals surface area contributed by atoms with Crippen LogP contribution in [0, 0.1) is 6.92 Å². The minimum atomic E-state index is 0.0693. The summed E-state index contributed by atoms with van der Waals surface area (Å²) in [6.45, 7) is 7.89. The first-order valence-corrected chi connectivity index (χ1v) is 7.50. The third kappa shape index (κ3) is 4.53. The Morgan fingerprint density at radius 1 is 1.20 bits per heavy atom. The number of nitrogens with zero attached hydrogens (tertiary/aromatic N) is 1. The largest absolute Gasteiger partial charge is 0.339 e. The van der Waals surface area contributed by atoms with Gasteiger partial charge in [0.25, 0.3) is 5.91 Å². The van der Waals surface area contributed by atoms with E-state index in [1.54, 1.807) is 0 Å². The summed E-state index contributed by atoms with van der Waals surface area (Å²) >= 11 is 0. The molecule has 0 aliphatic carbocycles. The van der Waals surface area contributed by atoms with Crippen molar-refractivity contribution in [2.45, 2.75) is 46.5 Å². The molecular formula is C16H27N3O. The average molecular weight is 277 g/mol. The van der Waals surface area contributed by atoms with Crippen molar-refractivity contribution in [3.8, 4) is 0 Å². The maximum Gasteiger partial charge on any atom is 0.256 e. The van der Waals surface area contributed by atoms with Gasteiger partial charge < -0.3 is 10.3 Å². The molecule has 0 aliphatic rings. The molecule has 20 heavy (non-hydrogen) atoms. The van der Waals surface area contributed by atoms with Crippen LogP contribution in [0.2, 0.25) is 0 Å². The van der Waals surface area contributed by atoms with E-state index in [0.29, 0.717) is 11.3 Å². The summed E-state index contributed by atoms with van der Waals surface area (Å²) in [5, 5.41) is 0. The molecule has 4 heteroatoms. The number of anilines is 1. The number of unbranched alkanes of at least 4 members (excludes halogenated alkanes) is 2. The van der Waals surface area contributed by atoms with E-state index >= 15 is 0 Å². The zero-order chi connectivity index (χ0) is 15.0. The third-order valence-electron chi connectivity index (χ3n) is 3.41. The van der Waals surface area contributed by atoms with E-state index in [9.17, 15) is 4.79 Å². The van der Waals surface area contributed by atoms with Crippen LogP contribution in [0.5, 0.6) is 0 Å². The molecule has 1 amide bonds. The molecule has 112 valence electrons. The Kier molecular flexibility index (Phi) is 7.09. The summed E-state index contributed by atoms with van der Waals surface area (Å²) in [6, 6.07) is 5.72. The first-order valence-electron chi connectivity index (χ1n) is 7.50. The van der Waals surface area contributed by atoms with Crippen LogP contribution in [-0.4, -0.2) is 23.9 Å². The van der Waals surface area contributed by atoms with Crippen LogP contribution in [0.4, 0.5) is 5.69 Å². The van der Waals surface area contributed by atoms with Crippen LogP contribution in [0.25, 0.3) is 0 Å². The molecule has 0 bridgehead atoms. The zero-order valence-corrected chi connectivity index (χ0v) is 12.9. The predicted octanol–water partition coefficient (Wildman–Crippen LogP) is 3.32. The number of benzene rings is 1. The van der Waals surface area contributed by atoms with Crippen molar-refractivity contribution in [3.63, 3.8) is 0 Å². The van der Waals surface area contributed by atoms with E-state index in [-0.39, 0.29) is 5.91 Å². The molecule has 1 aromatic carbocycles. The molecule has 0 saturated heterocycles. The number of hydrogen-bond donors (Lipinski definition) is 2. The number of amides is 1. The Hall–Kier alpha value is -1.55. The summed E-state index contributed by atoms with van der Waals surface area (Å²) < 4.78 is 0. The van der Waals surface area contributed by atoms with Crippen molar-refractivity contribution in [2.24, 2.45) is 5.84 Å². The lowest BCUT2D eigenvalue weighted by atomic mass is 10.1. The summed E-state index contributed by atoms with van der Waals surface area (Å²) in [7, 11) is 0. The van der Waals surface area contributed by atoms with Gasteiger partial charge in [0.1, 0.15) is 0 Å². The van der Waals surface area contributed by atoms with Gasteiger partial charge in [-0.15, -0.1) is 0 Å². The Balaban J connectivity index is 2.92. The summed E-state index contributed by atoms with van der Waals surface area (Å²) in [5.74, 6) is 5.61. The van der Waals surface area contributed by atoms with Crippen LogP contribution >= 0.6 is 0 Å². The zero-order valence-electron chi connectivity index (χ0n) is 12.9. The lowest BCUT2D eigenvalue weighted by Crippen LogP contribution is -2.33. The maximum atomic E-state index is 12.7. The molecule has 0 spiro atoms. The Bertz CT molecular complexity index is 424. The van der Waals surface area contributed by atoms with Gasteiger partial charge in [0.2, 0.25) is 0 Å². The highest BCUT2D eigenvalue weighted by molar-refractivity contribution is 5.99. The number of hydrazine groups is 1. The van der Waals surface area contributed by atoms with Crippen molar-refractivity contribution in [2.75, 3.05) is 18.5 Å². The smallest absolute Gasteiger partial charge is 0.256 e. The van der Waals surface area contributed by atoms with Gasteiger partial charge in [0.05, 0.1) is 11.3 Å². The molecule has 0 atom stereocenters. The fourth-order valence-electron chi connectivity index (χ4n) is 2.15. The lowest BCUT2D eigenvalue weighted by Gasteiger charge is -2.23. The molecule has 0 saturated carbocycles. The maximum absolute atomic E-state index is 12.7. The third-order valence-corrected chi connectivity index (χ3v) is 3.41. The van der Waals surface area contributed by atoms with Crippen LogP contribution in [0.1, 0.15) is 55.5 Å². The molecule has 0 radical (unpaired) electrons. The van der Waals surface area contributed by atoms with Gasteiger partial charge in [-0.25, -0.2) is 0 Å². The van der Waals surface area contributed by atoms with E-state index < -0.39 is 0 Å². The van der Waals surface area contributed by atoms with Crippen LogP contribution in [0.15, 0.2) is 18.2 Å². The topological polar surface area (TPSA) is 58.4 Å². The number of hydrogen-bond acceptors (Lipinski definition) is 3. The van der Waals surface area contributed by atoms with Gasteiger partial charge in [-0.1, -0.05) is 32.8 Å². The van der Waals surface area contributed by atoms with Gasteiger partial charge in [-0.2, -0.15) is 0 Å². The fourth-order valence-corrected chi connectivity index (χ4v) is 2.15. The summed E-state index contributed by atoms with van der Waals surface area (Å²) in [4.78, 5) is 14.6. The predicted molar refractivity (Wildman–Crippen MR) is 84.7 cm³/mol. The molecule has 0 heterocycles. The van der Waals surface area contributed by atoms with Gasteiger partial charge in [0.15, 0.2) is 0 Å². The lowest BCUT2D eigenvalue weighted by molar-refractivity contribution is 0.0752. The van der Waals surface area contributed by atoms with E-state index in [1.807, 2.05) is 30.0 Å². The average Bonchev–Trinajstić information content (AvgIpc) is 2.46. The minimum absolute atomic E-state index is 0.0693. The quantitative estimate of drug-likeness (QED) is 0.566. The second-order valence-corrected chi connectivity index (χ2v) is 5.19. The normalized spacial score (nSPS) is 10.4. The van der Waals surface area contributed by atoms with Crippen molar-refractivity contribution in [1.29, 1.82) is 0 Å². The second-order valence-electron chi connectivity index (χ2n) is 5.19. The van der Waals surface area contributed by atoms with Crippen LogP contribution < -0.4 is 11.3 Å². The number of nitrogens with two attached hydrogens (primary N) is 1. The minimum Gasteiger partial charge on any atom is -0.339 e. The molecule has 0 fully saturated rings. The van der Waals surface area contributed by atoms with Crippen LogP contribution in [0.3, 0.4) is 0 Å². The number of nitrogens with one attached hydrogen (secondary N) is 1. The molecule has 3 N–H and O–H groups in total. The molecule has 1 aromatic rings. The number of aryl methyl sites for hydroxylation is 1. The first kappa shape index (κ1) is 16.5. The van der Waals surface area contributed by atoms with E-state index in [2.05, 4.69) is 19.3 Å². The van der Waals surface area contributed by atoms with Gasteiger partial charge in [0, 0.05) is 13.1 Å². The van der Waals surface area contributed by atoms with E-state index in [4.69, 9.17) is 5.84 Å². The molecule has 4 nitrogen and oxygen atoms in total. The molecule has 0 unspecified atom stereocenters. The van der Waals surface area contributed by atoms with Crippen molar-refractivity contribution >= 4 is 11.6 Å². The highest BCUT2D eigenvalue weighted by Gasteiger charge is 2.18. The highest BCUT2D eigenvalue weighted by atomic mass is 16.2. The number of carbonyl (C=O) groups is 1. The van der Waals surface area contributed by atoms with Gasteiger partial charge >= 0.3 is 0 Å². The first-order chi connectivity index (χ1) is 9.63. The fraction of sp³-hybridized carbons (Fsp3) is 0.562. The number of rotatable bonds is 8. The summed E-state index contributed by atoms with van der Waals surface area (Å²) in [5.41, 5.74) is 5.08. The van der Waals surface area contributed by atoms with Gasteiger partial charge in [-0.05, 0) is 37.5 Å². The Labute approximate surface area is 122 Å². The summed E-state index contributed by atoms with van der Waals surface area (Å²) in [6.07, 6.45) is 4.25. The van der Waals surface area contributed by atoms with E-state index in [1.165, 1.54) is 0 Å². The van der Waals surface area contributed by atoms with Gasteiger partial charge in [-0.3, -0.25) is 10.6 Å².